The van der Waals surface area contributed by atoms with Crippen molar-refractivity contribution in [1.82, 2.24) is 0 Å². The van der Waals surface area contributed by atoms with Crippen molar-refractivity contribution >= 4 is 23.1 Å². The standard InChI is InChI=1S/C19H24N2OS/c1-4-14-5-6-23-19-11-18(16(20)10-17(19)21-14)22-15-8-12(2)7-13(3)9-15/h7-11,14,21H,4-6,20H2,1-3H3. The average Bonchev–Trinajstić information content (AvgIpc) is 2.68. The summed E-state index contributed by atoms with van der Waals surface area (Å²) < 4.78 is 6.06. The second-order valence-electron chi connectivity index (χ2n) is 6.20. The summed E-state index contributed by atoms with van der Waals surface area (Å²) in [6.07, 6.45) is 2.30. The molecule has 0 saturated carbocycles. The van der Waals surface area contributed by atoms with E-state index in [0.717, 1.165) is 29.4 Å². The van der Waals surface area contributed by atoms with E-state index in [2.05, 4.69) is 38.2 Å². The number of anilines is 2. The van der Waals surface area contributed by atoms with Gasteiger partial charge >= 0.3 is 0 Å². The van der Waals surface area contributed by atoms with Gasteiger partial charge in [0.05, 0.1) is 11.4 Å². The number of thioether (sulfide) groups is 1. The summed E-state index contributed by atoms with van der Waals surface area (Å²) in [6.45, 7) is 6.37. The van der Waals surface area contributed by atoms with Gasteiger partial charge in [-0.05, 0) is 62.1 Å². The molecule has 4 heteroatoms. The van der Waals surface area contributed by atoms with E-state index >= 15 is 0 Å². The van der Waals surface area contributed by atoms with Crippen LogP contribution in [0.5, 0.6) is 11.5 Å². The van der Waals surface area contributed by atoms with Gasteiger partial charge in [-0.1, -0.05) is 13.0 Å². The molecule has 122 valence electrons. The predicted molar refractivity (Wildman–Crippen MR) is 99.9 cm³/mol. The van der Waals surface area contributed by atoms with Gasteiger partial charge in [-0.2, -0.15) is 0 Å². The maximum Gasteiger partial charge on any atom is 0.151 e. The number of nitrogen functional groups attached to an aromatic ring is 1. The number of hydrogen-bond donors (Lipinski definition) is 2. The van der Waals surface area contributed by atoms with Gasteiger partial charge in [0.15, 0.2) is 5.75 Å². The highest BCUT2D eigenvalue weighted by Crippen LogP contribution is 2.40. The number of hydrogen-bond acceptors (Lipinski definition) is 4. The fraction of sp³-hybridized carbons (Fsp3) is 0.368. The Hall–Kier alpha value is -1.81. The second-order valence-corrected chi connectivity index (χ2v) is 7.34. The molecular weight excluding hydrogens is 304 g/mol. The molecule has 2 aromatic carbocycles. The Morgan fingerprint density at radius 3 is 2.61 bits per heavy atom. The number of ether oxygens (including phenoxy) is 1. The highest BCUT2D eigenvalue weighted by molar-refractivity contribution is 7.99. The van der Waals surface area contributed by atoms with Crippen molar-refractivity contribution in [3.63, 3.8) is 0 Å². The molecule has 0 spiro atoms. The van der Waals surface area contributed by atoms with Crippen molar-refractivity contribution in [2.24, 2.45) is 0 Å². The van der Waals surface area contributed by atoms with Gasteiger partial charge in [0, 0.05) is 16.7 Å². The van der Waals surface area contributed by atoms with E-state index in [0.29, 0.717) is 11.7 Å². The number of nitrogens with two attached hydrogens (primary N) is 1. The Kier molecular flexibility index (Phi) is 4.71. The first kappa shape index (κ1) is 16.1. The molecule has 23 heavy (non-hydrogen) atoms. The molecule has 1 heterocycles. The molecule has 3 rings (SSSR count). The third-order valence-corrected chi connectivity index (χ3v) is 5.20. The van der Waals surface area contributed by atoms with Crippen LogP contribution in [0.25, 0.3) is 0 Å². The van der Waals surface area contributed by atoms with Crippen LogP contribution < -0.4 is 15.8 Å². The number of benzene rings is 2. The Balaban J connectivity index is 1.90. The van der Waals surface area contributed by atoms with Crippen LogP contribution in [-0.2, 0) is 0 Å². The van der Waals surface area contributed by atoms with Crippen LogP contribution in [0.15, 0.2) is 35.2 Å². The highest BCUT2D eigenvalue weighted by Gasteiger charge is 2.17. The molecule has 1 atom stereocenters. The number of fused-ring (bicyclic) bond motifs is 1. The summed E-state index contributed by atoms with van der Waals surface area (Å²) in [5.41, 5.74) is 10.4. The van der Waals surface area contributed by atoms with E-state index in [9.17, 15) is 0 Å². The minimum Gasteiger partial charge on any atom is -0.455 e. The molecule has 0 saturated heterocycles. The third kappa shape index (κ3) is 3.75. The lowest BCUT2D eigenvalue weighted by atomic mass is 10.1. The van der Waals surface area contributed by atoms with Crippen LogP contribution in [0.4, 0.5) is 11.4 Å². The van der Waals surface area contributed by atoms with Gasteiger partial charge in [0.2, 0.25) is 0 Å². The lowest BCUT2D eigenvalue weighted by Gasteiger charge is -2.17. The van der Waals surface area contributed by atoms with Gasteiger partial charge < -0.3 is 15.8 Å². The summed E-state index contributed by atoms with van der Waals surface area (Å²) >= 11 is 1.87. The monoisotopic (exact) mass is 328 g/mol. The number of rotatable bonds is 3. The fourth-order valence-electron chi connectivity index (χ4n) is 2.93. The van der Waals surface area contributed by atoms with Crippen molar-refractivity contribution in [1.29, 1.82) is 0 Å². The van der Waals surface area contributed by atoms with Crippen molar-refractivity contribution in [3.8, 4) is 11.5 Å². The molecule has 0 fully saturated rings. The molecule has 1 aliphatic rings. The molecule has 0 aliphatic carbocycles. The Morgan fingerprint density at radius 2 is 1.91 bits per heavy atom. The zero-order chi connectivity index (χ0) is 16.4. The van der Waals surface area contributed by atoms with Gasteiger partial charge in [-0.15, -0.1) is 11.8 Å². The quantitative estimate of drug-likeness (QED) is 0.744. The van der Waals surface area contributed by atoms with E-state index in [1.54, 1.807) is 0 Å². The van der Waals surface area contributed by atoms with Crippen LogP contribution in [-0.4, -0.2) is 11.8 Å². The van der Waals surface area contributed by atoms with Crippen LogP contribution in [0, 0.1) is 13.8 Å². The Bertz CT molecular complexity index is 695. The fourth-order valence-corrected chi connectivity index (χ4v) is 4.01. The number of nitrogens with one attached hydrogen (secondary N) is 1. The van der Waals surface area contributed by atoms with Gasteiger partial charge in [-0.3, -0.25) is 0 Å². The van der Waals surface area contributed by atoms with Crippen molar-refractivity contribution in [2.75, 3.05) is 16.8 Å². The largest absolute Gasteiger partial charge is 0.455 e. The van der Waals surface area contributed by atoms with E-state index < -0.39 is 0 Å². The molecule has 0 amide bonds. The van der Waals surface area contributed by atoms with Crippen LogP contribution in [0.3, 0.4) is 0 Å². The van der Waals surface area contributed by atoms with Crippen molar-refractivity contribution < 1.29 is 4.74 Å². The van der Waals surface area contributed by atoms with Crippen LogP contribution >= 0.6 is 11.8 Å². The summed E-state index contributed by atoms with van der Waals surface area (Å²) in [5, 5.41) is 3.60. The summed E-state index contributed by atoms with van der Waals surface area (Å²) in [5.74, 6) is 2.69. The summed E-state index contributed by atoms with van der Waals surface area (Å²) in [6, 6.07) is 10.8. The maximum absolute atomic E-state index is 6.23. The molecule has 0 aromatic heterocycles. The maximum atomic E-state index is 6.23. The van der Waals surface area contributed by atoms with Gasteiger partial charge in [0.1, 0.15) is 5.75 Å². The first-order valence-corrected chi connectivity index (χ1v) is 9.12. The normalized spacial score (nSPS) is 17.1. The first-order chi connectivity index (χ1) is 11.0. The number of aryl methyl sites for hydroxylation is 2. The smallest absolute Gasteiger partial charge is 0.151 e. The van der Waals surface area contributed by atoms with Gasteiger partial charge in [-0.25, -0.2) is 0 Å². The molecule has 1 aliphatic heterocycles. The lowest BCUT2D eigenvalue weighted by molar-refractivity contribution is 0.483. The second kappa shape index (κ2) is 6.75. The molecule has 3 N–H and O–H groups in total. The third-order valence-electron chi connectivity index (χ3n) is 4.11. The van der Waals surface area contributed by atoms with E-state index in [-0.39, 0.29) is 0 Å². The van der Waals surface area contributed by atoms with E-state index in [1.165, 1.54) is 22.4 Å². The highest BCUT2D eigenvalue weighted by atomic mass is 32.2. The summed E-state index contributed by atoms with van der Waals surface area (Å²) in [7, 11) is 0. The predicted octanol–water partition coefficient (Wildman–Crippen LogP) is 5.36. The summed E-state index contributed by atoms with van der Waals surface area (Å²) in [4.78, 5) is 1.22. The van der Waals surface area contributed by atoms with Gasteiger partial charge in [0.25, 0.3) is 0 Å². The topological polar surface area (TPSA) is 47.3 Å². The van der Waals surface area contributed by atoms with E-state index in [4.69, 9.17) is 10.5 Å². The Labute approximate surface area is 142 Å². The van der Waals surface area contributed by atoms with Crippen LogP contribution in [0.2, 0.25) is 0 Å². The SMILES string of the molecule is CCC1CCSc2cc(Oc3cc(C)cc(C)c3)c(N)cc2N1. The molecule has 1 unspecified atom stereocenters. The zero-order valence-corrected chi connectivity index (χ0v) is 14.8. The minimum absolute atomic E-state index is 0.523. The molecule has 0 radical (unpaired) electrons. The average molecular weight is 328 g/mol. The van der Waals surface area contributed by atoms with E-state index in [1.807, 2.05) is 30.0 Å². The zero-order valence-electron chi connectivity index (χ0n) is 14.0. The lowest BCUT2D eigenvalue weighted by Crippen LogP contribution is -2.17. The molecular formula is C19H24N2OS. The first-order valence-electron chi connectivity index (χ1n) is 8.14. The molecule has 2 aromatic rings. The molecule has 3 nitrogen and oxygen atoms in total. The molecule has 0 bridgehead atoms. The van der Waals surface area contributed by atoms with Crippen molar-refractivity contribution in [3.05, 3.63) is 41.5 Å². The minimum atomic E-state index is 0.523. The Morgan fingerprint density at radius 1 is 1.17 bits per heavy atom. The van der Waals surface area contributed by atoms with Crippen LogP contribution in [0.1, 0.15) is 30.9 Å². The van der Waals surface area contributed by atoms with Crippen molar-refractivity contribution in [2.45, 2.75) is 44.6 Å².